The zero-order chi connectivity index (χ0) is 24.7. The van der Waals surface area contributed by atoms with Gasteiger partial charge in [0.25, 0.3) is 0 Å². The number of nitrogens with one attached hydrogen (secondary N) is 1. The van der Waals surface area contributed by atoms with Gasteiger partial charge in [0, 0.05) is 12.7 Å². The summed E-state index contributed by atoms with van der Waals surface area (Å²) in [5, 5.41) is 3.50. The summed E-state index contributed by atoms with van der Waals surface area (Å²) >= 11 is 0. The van der Waals surface area contributed by atoms with Crippen LogP contribution in [-0.2, 0) is 6.54 Å². The highest BCUT2D eigenvalue weighted by molar-refractivity contribution is 5.82. The number of allylic oxidation sites excluding steroid dienone is 3. The van der Waals surface area contributed by atoms with E-state index in [4.69, 9.17) is 5.73 Å². The summed E-state index contributed by atoms with van der Waals surface area (Å²) in [6.45, 7) is 17.4. The van der Waals surface area contributed by atoms with E-state index in [1.807, 2.05) is 6.08 Å². The topological polar surface area (TPSA) is 44.3 Å². The maximum Gasteiger partial charge on any atom is 0.240 e. The molecule has 3 N–H and O–H groups in total. The van der Waals surface area contributed by atoms with Crippen LogP contribution in [0.1, 0.15) is 48.6 Å². The van der Waals surface area contributed by atoms with E-state index in [0.29, 0.717) is 12.6 Å². The van der Waals surface area contributed by atoms with Gasteiger partial charge >= 0.3 is 0 Å². The van der Waals surface area contributed by atoms with Crippen molar-refractivity contribution in [3.8, 4) is 0 Å². The molecule has 2 aromatic carbocycles. The van der Waals surface area contributed by atoms with E-state index >= 15 is 0 Å². The van der Waals surface area contributed by atoms with Crippen molar-refractivity contribution < 1.29 is 4.58 Å². The minimum atomic E-state index is 0.359. The van der Waals surface area contributed by atoms with Crippen LogP contribution < -0.4 is 16.0 Å². The summed E-state index contributed by atoms with van der Waals surface area (Å²) in [7, 11) is 0. The predicted molar refractivity (Wildman–Crippen MR) is 148 cm³/mol. The fraction of sp³-hybridized carbons (Fsp3) is 0.300. The number of benzene rings is 2. The number of hydrogen-bond acceptors (Lipinski definition) is 3. The smallest absolute Gasteiger partial charge is 0.240 e. The van der Waals surface area contributed by atoms with Crippen LogP contribution in [0.15, 0.2) is 73.0 Å². The summed E-state index contributed by atoms with van der Waals surface area (Å²) in [6, 6.07) is 13.2. The van der Waals surface area contributed by atoms with Crippen molar-refractivity contribution in [3.05, 3.63) is 101 Å². The summed E-state index contributed by atoms with van der Waals surface area (Å²) in [5.41, 5.74) is 15.5. The normalized spacial score (nSPS) is 15.6. The van der Waals surface area contributed by atoms with Gasteiger partial charge in [-0.05, 0) is 80.6 Å². The fourth-order valence-corrected chi connectivity index (χ4v) is 4.58. The Morgan fingerprint density at radius 3 is 2.47 bits per heavy atom. The number of hydrogen-bond donors (Lipinski definition) is 2. The lowest BCUT2D eigenvalue weighted by atomic mass is 10.0. The number of anilines is 1. The van der Waals surface area contributed by atoms with Crippen molar-refractivity contribution in [2.45, 2.75) is 47.2 Å². The third-order valence-electron chi connectivity index (χ3n) is 6.30. The van der Waals surface area contributed by atoms with Crippen LogP contribution in [0, 0.1) is 13.8 Å². The number of rotatable bonds is 9. The molecule has 0 aromatic heterocycles. The molecule has 0 aliphatic carbocycles. The van der Waals surface area contributed by atoms with Crippen molar-refractivity contribution in [1.82, 2.24) is 5.32 Å². The first-order chi connectivity index (χ1) is 16.4. The van der Waals surface area contributed by atoms with Crippen LogP contribution in [0.4, 0.5) is 5.69 Å². The molecule has 178 valence electrons. The first-order valence-corrected chi connectivity index (χ1v) is 12.0. The largest absolute Gasteiger partial charge is 0.403 e. The average Bonchev–Trinajstić information content (AvgIpc) is 3.29. The Balaban J connectivity index is 1.76. The van der Waals surface area contributed by atoms with E-state index in [1.165, 1.54) is 28.0 Å². The molecule has 1 unspecified atom stereocenters. The van der Waals surface area contributed by atoms with Crippen LogP contribution in [0.3, 0.4) is 0 Å². The molecule has 0 fully saturated rings. The van der Waals surface area contributed by atoms with Crippen LogP contribution in [0.25, 0.3) is 11.8 Å². The van der Waals surface area contributed by atoms with Gasteiger partial charge in [-0.2, -0.15) is 0 Å². The van der Waals surface area contributed by atoms with Crippen molar-refractivity contribution in [2.24, 2.45) is 5.73 Å². The van der Waals surface area contributed by atoms with Crippen molar-refractivity contribution in [2.75, 3.05) is 18.0 Å². The SMILES string of the molecule is C=Cc1ccc(CN/C(=C\N)c2cc(C)c(N3C=[N+](C(C)/C=C(C)\C=C\C)CC3)c(C)c2)cc1. The summed E-state index contributed by atoms with van der Waals surface area (Å²) in [5.74, 6) is 0. The summed E-state index contributed by atoms with van der Waals surface area (Å²) < 4.78 is 2.41. The first-order valence-electron chi connectivity index (χ1n) is 12.0. The average molecular weight is 456 g/mol. The van der Waals surface area contributed by atoms with E-state index in [-0.39, 0.29) is 0 Å². The second-order valence-corrected chi connectivity index (χ2v) is 9.04. The Hall–Kier alpha value is -3.53. The van der Waals surface area contributed by atoms with Crippen molar-refractivity contribution in [1.29, 1.82) is 0 Å². The highest BCUT2D eigenvalue weighted by Crippen LogP contribution is 2.29. The number of aryl methyl sites for hydroxylation is 2. The lowest BCUT2D eigenvalue weighted by Crippen LogP contribution is -2.22. The lowest BCUT2D eigenvalue weighted by molar-refractivity contribution is -0.537. The van der Waals surface area contributed by atoms with E-state index < -0.39 is 0 Å². The van der Waals surface area contributed by atoms with Crippen molar-refractivity contribution in [3.63, 3.8) is 0 Å². The van der Waals surface area contributed by atoms with Crippen LogP contribution in [-0.4, -0.2) is 30.0 Å². The molecule has 1 atom stereocenters. The number of nitrogens with zero attached hydrogens (tertiary/aromatic N) is 2. The van der Waals surface area contributed by atoms with Crippen molar-refractivity contribution >= 4 is 23.8 Å². The Morgan fingerprint density at radius 2 is 1.88 bits per heavy atom. The van der Waals surface area contributed by atoms with Gasteiger partial charge in [0.05, 0.1) is 5.70 Å². The van der Waals surface area contributed by atoms with Gasteiger partial charge in [-0.1, -0.05) is 54.6 Å². The predicted octanol–water partition coefficient (Wildman–Crippen LogP) is 5.77. The van der Waals surface area contributed by atoms with Crippen LogP contribution >= 0.6 is 0 Å². The molecule has 4 heteroatoms. The van der Waals surface area contributed by atoms with Gasteiger partial charge in [0.15, 0.2) is 0 Å². The molecule has 34 heavy (non-hydrogen) atoms. The number of nitrogens with two attached hydrogens (primary N) is 1. The molecule has 0 saturated heterocycles. The molecule has 0 spiro atoms. The van der Waals surface area contributed by atoms with Crippen LogP contribution in [0.5, 0.6) is 0 Å². The quantitative estimate of drug-likeness (QED) is 0.373. The molecule has 0 radical (unpaired) electrons. The molecule has 1 heterocycles. The fourth-order valence-electron chi connectivity index (χ4n) is 4.58. The molecule has 0 saturated carbocycles. The second kappa shape index (κ2) is 11.6. The van der Waals surface area contributed by atoms with Gasteiger partial charge in [0.1, 0.15) is 24.8 Å². The molecule has 2 aromatic rings. The van der Waals surface area contributed by atoms with E-state index in [0.717, 1.165) is 29.9 Å². The van der Waals surface area contributed by atoms with E-state index in [1.54, 1.807) is 6.20 Å². The molecular weight excluding hydrogens is 416 g/mol. The molecule has 4 nitrogen and oxygen atoms in total. The minimum Gasteiger partial charge on any atom is -0.403 e. The molecule has 3 rings (SSSR count). The maximum absolute atomic E-state index is 6.02. The zero-order valence-electron chi connectivity index (χ0n) is 21.3. The Morgan fingerprint density at radius 1 is 1.21 bits per heavy atom. The van der Waals surface area contributed by atoms with Gasteiger partial charge < -0.3 is 11.1 Å². The molecule has 1 aliphatic rings. The molecular formula is C30H39N4+. The third kappa shape index (κ3) is 6.07. The highest BCUT2D eigenvalue weighted by Gasteiger charge is 2.26. The Labute approximate surface area is 205 Å². The van der Waals surface area contributed by atoms with Gasteiger partial charge in [-0.15, -0.1) is 0 Å². The molecule has 0 bridgehead atoms. The van der Waals surface area contributed by atoms with Gasteiger partial charge in [-0.3, -0.25) is 4.58 Å². The second-order valence-electron chi connectivity index (χ2n) is 9.04. The maximum atomic E-state index is 6.02. The first kappa shape index (κ1) is 25.1. The lowest BCUT2D eigenvalue weighted by Gasteiger charge is -2.17. The minimum absolute atomic E-state index is 0.359. The zero-order valence-corrected chi connectivity index (χ0v) is 21.3. The monoisotopic (exact) mass is 455 g/mol. The van der Waals surface area contributed by atoms with E-state index in [2.05, 4.69) is 117 Å². The Kier molecular flexibility index (Phi) is 8.53. The van der Waals surface area contributed by atoms with Gasteiger partial charge in [0.2, 0.25) is 6.34 Å². The molecule has 0 amide bonds. The Bertz CT molecular complexity index is 1110. The van der Waals surface area contributed by atoms with Crippen LogP contribution in [0.2, 0.25) is 0 Å². The third-order valence-corrected chi connectivity index (χ3v) is 6.30. The standard InChI is InChI=1S/C30H39N4/c1-7-9-22(3)16-25(6)33-14-15-34(21-33)30-23(4)17-28(18-24(30)5)29(19-31)32-20-27-12-10-26(8-2)11-13-27/h7-13,16-19,21,25,32H,2,14-15,20,31H2,1,3-6H3/q+1/b9-7+,22-16-,29-19-. The molecule has 1 aliphatic heterocycles. The summed E-state index contributed by atoms with van der Waals surface area (Å²) in [6.07, 6.45) is 12.3. The van der Waals surface area contributed by atoms with Gasteiger partial charge in [-0.25, -0.2) is 4.90 Å². The van der Waals surface area contributed by atoms with E-state index in [9.17, 15) is 0 Å². The summed E-state index contributed by atoms with van der Waals surface area (Å²) in [4.78, 5) is 2.38. The highest BCUT2D eigenvalue weighted by atomic mass is 15.3.